The molecular weight excluding hydrogens is 262 g/mol. The first-order valence-electron chi connectivity index (χ1n) is 7.01. The van der Waals surface area contributed by atoms with Gasteiger partial charge in [0.1, 0.15) is 6.07 Å². The molecule has 1 aromatic heterocycles. The minimum atomic E-state index is 0.189. The second-order valence-corrected chi connectivity index (χ2v) is 5.26. The zero-order valence-corrected chi connectivity index (χ0v) is 12.0. The molecule has 21 heavy (non-hydrogen) atoms. The van der Waals surface area contributed by atoms with Crippen LogP contribution in [0.3, 0.4) is 0 Å². The first-order chi connectivity index (χ1) is 10.3. The van der Waals surface area contributed by atoms with E-state index in [2.05, 4.69) is 45.2 Å². The van der Waals surface area contributed by atoms with Crippen molar-refractivity contribution in [3.63, 3.8) is 0 Å². The summed E-state index contributed by atoms with van der Waals surface area (Å²) in [6.45, 7) is 2.69. The van der Waals surface area contributed by atoms with Crippen molar-refractivity contribution in [2.24, 2.45) is 0 Å². The number of anilines is 1. The fraction of sp³-hybridized carbons (Fsp3) is 0.312. The van der Waals surface area contributed by atoms with Crippen LogP contribution in [0.15, 0.2) is 42.6 Å². The molecule has 0 N–H and O–H groups in total. The Morgan fingerprint density at radius 1 is 1.19 bits per heavy atom. The molecule has 0 spiro atoms. The van der Waals surface area contributed by atoms with Gasteiger partial charge >= 0.3 is 0 Å². The van der Waals surface area contributed by atoms with Crippen LogP contribution in [0.1, 0.15) is 17.2 Å². The Kier molecular flexibility index (Phi) is 3.80. The minimum Gasteiger partial charge on any atom is -0.344 e. The molecule has 0 amide bonds. The summed E-state index contributed by atoms with van der Waals surface area (Å²) in [6, 6.07) is 14.5. The summed E-state index contributed by atoms with van der Waals surface area (Å²) in [5, 5.41) is 17.5. The molecule has 0 aliphatic carbocycles. The Balaban J connectivity index is 2.01. The maximum Gasteiger partial charge on any atom is 0.169 e. The highest BCUT2D eigenvalue weighted by atomic mass is 15.3. The molecule has 1 saturated heterocycles. The lowest BCUT2D eigenvalue weighted by molar-refractivity contribution is 0.268. The minimum absolute atomic E-state index is 0.189. The molecule has 106 valence electrons. The molecular formula is C16H17N5. The smallest absolute Gasteiger partial charge is 0.169 e. The average molecular weight is 279 g/mol. The lowest BCUT2D eigenvalue weighted by Gasteiger charge is -2.41. The molecule has 1 unspecified atom stereocenters. The fourth-order valence-electron chi connectivity index (χ4n) is 2.76. The number of benzene rings is 1. The molecule has 5 heteroatoms. The van der Waals surface area contributed by atoms with Gasteiger partial charge in [0.2, 0.25) is 0 Å². The van der Waals surface area contributed by atoms with E-state index in [0.717, 1.165) is 19.6 Å². The fourth-order valence-corrected chi connectivity index (χ4v) is 2.76. The van der Waals surface area contributed by atoms with E-state index in [1.807, 2.05) is 18.2 Å². The third kappa shape index (κ3) is 2.71. The van der Waals surface area contributed by atoms with Crippen LogP contribution in [0.2, 0.25) is 0 Å². The number of piperazine rings is 1. The Hall–Kier alpha value is -2.45. The SMILES string of the molecule is CN1CCN(c2nnccc2C#N)C(c2ccccc2)C1. The van der Waals surface area contributed by atoms with Crippen LogP contribution in [0.4, 0.5) is 5.82 Å². The normalized spacial score (nSPS) is 19.2. The Labute approximate surface area is 124 Å². The van der Waals surface area contributed by atoms with E-state index in [-0.39, 0.29) is 6.04 Å². The molecule has 0 bridgehead atoms. The third-order valence-electron chi connectivity index (χ3n) is 3.86. The largest absolute Gasteiger partial charge is 0.344 e. The first kappa shape index (κ1) is 13.5. The van der Waals surface area contributed by atoms with E-state index < -0.39 is 0 Å². The summed E-state index contributed by atoms with van der Waals surface area (Å²) in [6.07, 6.45) is 1.57. The van der Waals surface area contributed by atoms with Crippen LogP contribution < -0.4 is 4.90 Å². The summed E-state index contributed by atoms with van der Waals surface area (Å²) in [5.74, 6) is 0.682. The number of hydrogen-bond acceptors (Lipinski definition) is 5. The zero-order chi connectivity index (χ0) is 14.7. The highest BCUT2D eigenvalue weighted by Gasteiger charge is 2.29. The van der Waals surface area contributed by atoms with Crippen LogP contribution in [0.25, 0.3) is 0 Å². The van der Waals surface area contributed by atoms with E-state index in [4.69, 9.17) is 0 Å². The van der Waals surface area contributed by atoms with Gasteiger partial charge in [0.15, 0.2) is 5.82 Å². The molecule has 2 aromatic rings. The van der Waals surface area contributed by atoms with Crippen molar-refractivity contribution in [1.29, 1.82) is 5.26 Å². The maximum absolute atomic E-state index is 9.30. The van der Waals surface area contributed by atoms with E-state index >= 15 is 0 Å². The van der Waals surface area contributed by atoms with Gasteiger partial charge in [-0.3, -0.25) is 0 Å². The molecule has 1 aromatic carbocycles. The predicted molar refractivity (Wildman–Crippen MR) is 80.8 cm³/mol. The van der Waals surface area contributed by atoms with E-state index in [1.54, 1.807) is 12.3 Å². The van der Waals surface area contributed by atoms with Crippen LogP contribution >= 0.6 is 0 Å². The van der Waals surface area contributed by atoms with Gasteiger partial charge in [-0.15, -0.1) is 5.10 Å². The number of likely N-dealkylation sites (N-methyl/N-ethyl adjacent to an activating group) is 1. The Morgan fingerprint density at radius 2 is 2.00 bits per heavy atom. The van der Waals surface area contributed by atoms with E-state index in [0.29, 0.717) is 11.4 Å². The second kappa shape index (κ2) is 5.90. The molecule has 1 aliphatic heterocycles. The predicted octanol–water partition coefficient (Wildman–Crippen LogP) is 1.84. The van der Waals surface area contributed by atoms with Gasteiger partial charge in [0, 0.05) is 19.6 Å². The number of nitrogens with zero attached hydrogens (tertiary/aromatic N) is 5. The lowest BCUT2D eigenvalue weighted by Crippen LogP contribution is -2.47. The maximum atomic E-state index is 9.30. The quantitative estimate of drug-likeness (QED) is 0.839. The molecule has 0 saturated carbocycles. The second-order valence-electron chi connectivity index (χ2n) is 5.26. The van der Waals surface area contributed by atoms with Crippen LogP contribution in [-0.4, -0.2) is 41.8 Å². The third-order valence-corrected chi connectivity index (χ3v) is 3.86. The van der Waals surface area contributed by atoms with Crippen molar-refractivity contribution >= 4 is 5.82 Å². The van der Waals surface area contributed by atoms with Crippen molar-refractivity contribution in [2.45, 2.75) is 6.04 Å². The van der Waals surface area contributed by atoms with Crippen molar-refractivity contribution < 1.29 is 0 Å². The highest BCUT2D eigenvalue weighted by molar-refractivity contribution is 5.54. The topological polar surface area (TPSA) is 56.1 Å². The van der Waals surface area contributed by atoms with Crippen molar-refractivity contribution in [3.8, 4) is 6.07 Å². The number of rotatable bonds is 2. The standard InChI is InChI=1S/C16H17N5/c1-20-9-10-21(16-14(11-17)7-8-18-19-16)15(12-20)13-5-3-2-4-6-13/h2-8,15H,9-10,12H2,1H3. The molecule has 3 rings (SSSR count). The molecule has 5 nitrogen and oxygen atoms in total. The summed E-state index contributed by atoms with van der Waals surface area (Å²) < 4.78 is 0. The zero-order valence-electron chi connectivity index (χ0n) is 12.0. The first-order valence-corrected chi connectivity index (χ1v) is 7.01. The summed E-state index contributed by atoms with van der Waals surface area (Å²) in [7, 11) is 2.12. The Bertz CT molecular complexity index is 649. The average Bonchev–Trinajstić information content (AvgIpc) is 2.55. The molecule has 1 atom stereocenters. The van der Waals surface area contributed by atoms with Gasteiger partial charge in [-0.05, 0) is 18.7 Å². The van der Waals surface area contributed by atoms with Crippen LogP contribution in [0.5, 0.6) is 0 Å². The lowest BCUT2D eigenvalue weighted by atomic mass is 10.0. The van der Waals surface area contributed by atoms with Crippen LogP contribution in [0, 0.1) is 11.3 Å². The number of nitriles is 1. The number of aromatic nitrogens is 2. The van der Waals surface area contributed by atoms with Gasteiger partial charge in [-0.25, -0.2) is 0 Å². The van der Waals surface area contributed by atoms with Gasteiger partial charge in [0.25, 0.3) is 0 Å². The van der Waals surface area contributed by atoms with Gasteiger partial charge in [-0.2, -0.15) is 10.4 Å². The Morgan fingerprint density at radius 3 is 2.76 bits per heavy atom. The van der Waals surface area contributed by atoms with Gasteiger partial charge < -0.3 is 9.80 Å². The van der Waals surface area contributed by atoms with Crippen molar-refractivity contribution in [3.05, 3.63) is 53.7 Å². The molecule has 0 radical (unpaired) electrons. The monoisotopic (exact) mass is 279 g/mol. The summed E-state index contributed by atoms with van der Waals surface area (Å²) in [4.78, 5) is 4.50. The van der Waals surface area contributed by atoms with Gasteiger partial charge in [0.05, 0.1) is 17.8 Å². The molecule has 2 heterocycles. The highest BCUT2D eigenvalue weighted by Crippen LogP contribution is 2.30. The van der Waals surface area contributed by atoms with E-state index in [1.165, 1.54) is 5.56 Å². The van der Waals surface area contributed by atoms with Crippen molar-refractivity contribution in [2.75, 3.05) is 31.6 Å². The summed E-state index contributed by atoms with van der Waals surface area (Å²) >= 11 is 0. The summed E-state index contributed by atoms with van der Waals surface area (Å²) in [5.41, 5.74) is 1.81. The van der Waals surface area contributed by atoms with Crippen molar-refractivity contribution in [1.82, 2.24) is 15.1 Å². The number of hydrogen-bond donors (Lipinski definition) is 0. The van der Waals surface area contributed by atoms with Crippen LogP contribution in [-0.2, 0) is 0 Å². The molecule has 1 fully saturated rings. The van der Waals surface area contributed by atoms with E-state index in [9.17, 15) is 5.26 Å². The molecule has 1 aliphatic rings. The van der Waals surface area contributed by atoms with Gasteiger partial charge in [-0.1, -0.05) is 30.3 Å².